The fourth-order valence-electron chi connectivity index (χ4n) is 2.65. The SMILES string of the molecule is O=C(CCNC(=O)C1CCCCC1)NCC1CNC1. The quantitative estimate of drug-likeness (QED) is 0.653. The molecular formula is C14H25N3O2. The van der Waals surface area contributed by atoms with E-state index in [1.807, 2.05) is 0 Å². The molecule has 2 rings (SSSR count). The number of carbonyl (C=O) groups excluding carboxylic acids is 2. The van der Waals surface area contributed by atoms with E-state index in [1.54, 1.807) is 0 Å². The average molecular weight is 267 g/mol. The zero-order valence-electron chi connectivity index (χ0n) is 11.5. The summed E-state index contributed by atoms with van der Waals surface area (Å²) >= 11 is 0. The van der Waals surface area contributed by atoms with Crippen molar-refractivity contribution >= 4 is 11.8 Å². The van der Waals surface area contributed by atoms with Gasteiger partial charge in [-0.25, -0.2) is 0 Å². The molecule has 0 bridgehead atoms. The van der Waals surface area contributed by atoms with Crippen LogP contribution in [0.15, 0.2) is 0 Å². The zero-order chi connectivity index (χ0) is 13.5. The zero-order valence-corrected chi connectivity index (χ0v) is 11.5. The van der Waals surface area contributed by atoms with Crippen molar-refractivity contribution in [1.82, 2.24) is 16.0 Å². The van der Waals surface area contributed by atoms with E-state index in [9.17, 15) is 9.59 Å². The minimum atomic E-state index is 0.0378. The second kappa shape index (κ2) is 7.48. The second-order valence-electron chi connectivity index (χ2n) is 5.70. The molecule has 19 heavy (non-hydrogen) atoms. The second-order valence-corrected chi connectivity index (χ2v) is 5.70. The smallest absolute Gasteiger partial charge is 0.223 e. The van der Waals surface area contributed by atoms with E-state index in [0.29, 0.717) is 18.9 Å². The van der Waals surface area contributed by atoms with Crippen molar-refractivity contribution in [2.45, 2.75) is 38.5 Å². The summed E-state index contributed by atoms with van der Waals surface area (Å²) in [6.45, 7) is 3.21. The molecule has 5 nitrogen and oxygen atoms in total. The molecule has 1 aliphatic carbocycles. The van der Waals surface area contributed by atoms with E-state index in [1.165, 1.54) is 6.42 Å². The Balaban J connectivity index is 1.52. The molecule has 0 unspecified atom stereocenters. The molecule has 108 valence electrons. The van der Waals surface area contributed by atoms with E-state index in [4.69, 9.17) is 0 Å². The highest BCUT2D eigenvalue weighted by atomic mass is 16.2. The molecule has 2 fully saturated rings. The van der Waals surface area contributed by atoms with Gasteiger partial charge in [-0.3, -0.25) is 9.59 Å². The van der Waals surface area contributed by atoms with Gasteiger partial charge in [0.1, 0.15) is 0 Å². The van der Waals surface area contributed by atoms with Gasteiger partial charge in [-0.1, -0.05) is 19.3 Å². The Labute approximate surface area is 114 Å². The number of hydrogen-bond donors (Lipinski definition) is 3. The van der Waals surface area contributed by atoms with Gasteiger partial charge in [-0.2, -0.15) is 0 Å². The van der Waals surface area contributed by atoms with Gasteiger partial charge in [-0.05, 0) is 12.8 Å². The lowest BCUT2D eigenvalue weighted by molar-refractivity contribution is -0.126. The lowest BCUT2D eigenvalue weighted by Gasteiger charge is -2.27. The molecule has 3 N–H and O–H groups in total. The van der Waals surface area contributed by atoms with Crippen LogP contribution in [0.25, 0.3) is 0 Å². The highest BCUT2D eigenvalue weighted by Crippen LogP contribution is 2.23. The van der Waals surface area contributed by atoms with Crippen LogP contribution in [0.3, 0.4) is 0 Å². The molecule has 0 atom stereocenters. The predicted octanol–water partition coefficient (Wildman–Crippen LogP) is 0.409. The van der Waals surface area contributed by atoms with Gasteiger partial charge in [0.25, 0.3) is 0 Å². The number of carbonyl (C=O) groups is 2. The predicted molar refractivity (Wildman–Crippen MR) is 73.6 cm³/mol. The molecule has 0 aromatic heterocycles. The minimum Gasteiger partial charge on any atom is -0.356 e. The van der Waals surface area contributed by atoms with Gasteiger partial charge in [-0.15, -0.1) is 0 Å². The largest absolute Gasteiger partial charge is 0.356 e. The molecular weight excluding hydrogens is 242 g/mol. The van der Waals surface area contributed by atoms with Crippen LogP contribution in [0.2, 0.25) is 0 Å². The fourth-order valence-corrected chi connectivity index (χ4v) is 2.65. The van der Waals surface area contributed by atoms with Crippen molar-refractivity contribution < 1.29 is 9.59 Å². The van der Waals surface area contributed by atoms with Crippen molar-refractivity contribution in [1.29, 1.82) is 0 Å². The van der Waals surface area contributed by atoms with Gasteiger partial charge in [0.2, 0.25) is 11.8 Å². The molecule has 1 saturated carbocycles. The average Bonchev–Trinajstić information content (AvgIpc) is 2.38. The van der Waals surface area contributed by atoms with Crippen molar-refractivity contribution in [3.8, 4) is 0 Å². The third-order valence-electron chi connectivity index (χ3n) is 4.08. The van der Waals surface area contributed by atoms with E-state index >= 15 is 0 Å². The van der Waals surface area contributed by atoms with E-state index in [0.717, 1.165) is 45.3 Å². The van der Waals surface area contributed by atoms with Gasteiger partial charge in [0, 0.05) is 44.4 Å². The maximum absolute atomic E-state index is 11.9. The highest BCUT2D eigenvalue weighted by Gasteiger charge is 2.21. The molecule has 0 aromatic rings. The van der Waals surface area contributed by atoms with Crippen LogP contribution in [0.5, 0.6) is 0 Å². The Morgan fingerprint density at radius 1 is 1.05 bits per heavy atom. The molecule has 0 radical (unpaired) electrons. The van der Waals surface area contributed by atoms with Crippen LogP contribution < -0.4 is 16.0 Å². The standard InChI is InChI=1S/C14H25N3O2/c18-13(17-10-11-8-15-9-11)6-7-16-14(19)12-4-2-1-3-5-12/h11-12,15H,1-10H2,(H,16,19)(H,17,18). The first-order valence-electron chi connectivity index (χ1n) is 7.51. The van der Waals surface area contributed by atoms with Crippen LogP contribution in [0, 0.1) is 11.8 Å². The Morgan fingerprint density at radius 2 is 1.79 bits per heavy atom. The molecule has 1 heterocycles. The van der Waals surface area contributed by atoms with E-state index in [2.05, 4.69) is 16.0 Å². The van der Waals surface area contributed by atoms with E-state index < -0.39 is 0 Å². The summed E-state index contributed by atoms with van der Waals surface area (Å²) in [4.78, 5) is 23.4. The lowest BCUT2D eigenvalue weighted by Crippen LogP contribution is -2.48. The van der Waals surface area contributed by atoms with Crippen LogP contribution in [-0.2, 0) is 9.59 Å². The molecule has 0 aromatic carbocycles. The van der Waals surface area contributed by atoms with Crippen molar-refractivity contribution in [2.24, 2.45) is 11.8 Å². The first-order valence-corrected chi connectivity index (χ1v) is 7.51. The topological polar surface area (TPSA) is 70.2 Å². The Bertz CT molecular complexity index is 310. The van der Waals surface area contributed by atoms with Crippen LogP contribution in [0.4, 0.5) is 0 Å². The minimum absolute atomic E-state index is 0.0378. The molecule has 2 amide bonds. The molecule has 1 saturated heterocycles. The third-order valence-corrected chi connectivity index (χ3v) is 4.08. The Kier molecular flexibility index (Phi) is 5.63. The summed E-state index contributed by atoms with van der Waals surface area (Å²) in [5, 5.41) is 8.97. The third kappa shape index (κ3) is 4.82. The van der Waals surface area contributed by atoms with Crippen molar-refractivity contribution in [3.63, 3.8) is 0 Å². The molecule has 1 aliphatic heterocycles. The fraction of sp³-hybridized carbons (Fsp3) is 0.857. The summed E-state index contributed by atoms with van der Waals surface area (Å²) in [5.74, 6) is 0.935. The molecule has 5 heteroatoms. The van der Waals surface area contributed by atoms with Crippen molar-refractivity contribution in [3.05, 3.63) is 0 Å². The molecule has 0 spiro atoms. The Morgan fingerprint density at radius 3 is 2.42 bits per heavy atom. The van der Waals surface area contributed by atoms with Gasteiger partial charge >= 0.3 is 0 Å². The monoisotopic (exact) mass is 267 g/mol. The highest BCUT2D eigenvalue weighted by molar-refractivity contribution is 5.80. The number of rotatable bonds is 6. The maximum atomic E-state index is 11.9. The number of amides is 2. The maximum Gasteiger partial charge on any atom is 0.223 e. The van der Waals surface area contributed by atoms with Crippen molar-refractivity contribution in [2.75, 3.05) is 26.2 Å². The van der Waals surface area contributed by atoms with E-state index in [-0.39, 0.29) is 17.7 Å². The van der Waals surface area contributed by atoms with Crippen LogP contribution in [0.1, 0.15) is 38.5 Å². The van der Waals surface area contributed by atoms with Gasteiger partial charge in [0.15, 0.2) is 0 Å². The normalized spacial score (nSPS) is 20.6. The number of nitrogens with one attached hydrogen (secondary N) is 3. The van der Waals surface area contributed by atoms with Gasteiger partial charge < -0.3 is 16.0 Å². The van der Waals surface area contributed by atoms with Crippen LogP contribution >= 0.6 is 0 Å². The van der Waals surface area contributed by atoms with Crippen LogP contribution in [-0.4, -0.2) is 38.0 Å². The Hall–Kier alpha value is -1.10. The summed E-state index contributed by atoms with van der Waals surface area (Å²) < 4.78 is 0. The summed E-state index contributed by atoms with van der Waals surface area (Å²) in [6.07, 6.45) is 5.97. The summed E-state index contributed by atoms with van der Waals surface area (Å²) in [5.41, 5.74) is 0. The summed E-state index contributed by atoms with van der Waals surface area (Å²) in [6, 6.07) is 0. The first kappa shape index (κ1) is 14.3. The number of hydrogen-bond acceptors (Lipinski definition) is 3. The first-order chi connectivity index (χ1) is 9.25. The molecule has 2 aliphatic rings. The lowest BCUT2D eigenvalue weighted by atomic mass is 9.89. The summed E-state index contributed by atoms with van der Waals surface area (Å²) in [7, 11) is 0. The van der Waals surface area contributed by atoms with Gasteiger partial charge in [0.05, 0.1) is 0 Å².